The first-order valence-corrected chi connectivity index (χ1v) is 6.62. The van der Waals surface area contributed by atoms with Gasteiger partial charge in [0.1, 0.15) is 11.8 Å². The zero-order chi connectivity index (χ0) is 15.6. The molecule has 0 aromatic heterocycles. The summed E-state index contributed by atoms with van der Waals surface area (Å²) in [5.41, 5.74) is 13.9. The Kier molecular flexibility index (Phi) is 4.35. The van der Waals surface area contributed by atoms with Crippen LogP contribution in [0.2, 0.25) is 5.02 Å². The molecule has 2 aromatic rings. The minimum atomic E-state index is -1.08. The highest BCUT2D eigenvalue weighted by Gasteiger charge is 2.15. The third-order valence-electron chi connectivity index (χ3n) is 3.12. The number of carboxylic acids is 1. The quantitative estimate of drug-likeness (QED) is 0.648. The lowest BCUT2D eigenvalue weighted by atomic mass is 9.98. The molecule has 0 aliphatic carbocycles. The molecule has 0 spiro atoms. The number of phenolic OH excluding ortho intramolecular Hbond substituents is 1. The summed E-state index contributed by atoms with van der Waals surface area (Å²) in [5.74, 6) is -0.975. The first-order chi connectivity index (χ1) is 9.88. The van der Waals surface area contributed by atoms with Gasteiger partial charge in [-0.1, -0.05) is 23.7 Å². The van der Waals surface area contributed by atoms with Crippen LogP contribution in [0.4, 0.5) is 5.69 Å². The Hall–Kier alpha value is -2.24. The minimum absolute atomic E-state index is 0.107. The largest absolute Gasteiger partial charge is 0.508 e. The van der Waals surface area contributed by atoms with E-state index in [9.17, 15) is 9.90 Å². The number of phenols is 1. The van der Waals surface area contributed by atoms with Gasteiger partial charge in [-0.05, 0) is 41.8 Å². The summed E-state index contributed by atoms with van der Waals surface area (Å²) in [5, 5.41) is 18.7. The molecule has 2 aromatic carbocycles. The van der Waals surface area contributed by atoms with E-state index in [-0.39, 0.29) is 12.2 Å². The summed E-state index contributed by atoms with van der Waals surface area (Å²) in [6, 6.07) is 8.90. The number of aromatic hydroxyl groups is 1. The number of anilines is 1. The van der Waals surface area contributed by atoms with Gasteiger partial charge in [0, 0.05) is 5.56 Å². The number of aliphatic carboxylic acids is 1. The van der Waals surface area contributed by atoms with E-state index in [1.807, 2.05) is 0 Å². The van der Waals surface area contributed by atoms with Crippen molar-refractivity contribution in [2.45, 2.75) is 12.5 Å². The van der Waals surface area contributed by atoms with Crippen molar-refractivity contribution in [2.75, 3.05) is 5.73 Å². The lowest BCUT2D eigenvalue weighted by Crippen LogP contribution is -2.32. The van der Waals surface area contributed by atoms with Crippen LogP contribution in [0.25, 0.3) is 11.1 Å². The summed E-state index contributed by atoms with van der Waals surface area (Å²) >= 11 is 6.10. The molecule has 0 aliphatic heterocycles. The number of hydrogen-bond donors (Lipinski definition) is 4. The predicted octanol–water partition coefficient (Wildman–Crippen LogP) is 2.25. The van der Waals surface area contributed by atoms with Gasteiger partial charge in [-0.3, -0.25) is 4.79 Å². The summed E-state index contributed by atoms with van der Waals surface area (Å²) < 4.78 is 0. The van der Waals surface area contributed by atoms with Gasteiger partial charge in [0.15, 0.2) is 0 Å². The summed E-state index contributed by atoms with van der Waals surface area (Å²) in [6.45, 7) is 0. The van der Waals surface area contributed by atoms with E-state index in [1.54, 1.807) is 36.4 Å². The third-order valence-corrected chi connectivity index (χ3v) is 3.43. The van der Waals surface area contributed by atoms with E-state index in [0.717, 1.165) is 0 Å². The van der Waals surface area contributed by atoms with Gasteiger partial charge in [0.05, 0.1) is 10.7 Å². The van der Waals surface area contributed by atoms with E-state index in [0.29, 0.717) is 27.4 Å². The lowest BCUT2D eigenvalue weighted by Gasteiger charge is -2.13. The average Bonchev–Trinajstić information content (AvgIpc) is 2.42. The Morgan fingerprint density at radius 3 is 2.62 bits per heavy atom. The zero-order valence-corrected chi connectivity index (χ0v) is 11.8. The molecule has 6 heteroatoms. The third kappa shape index (κ3) is 3.45. The maximum atomic E-state index is 10.8. The van der Waals surface area contributed by atoms with E-state index < -0.39 is 12.0 Å². The molecule has 1 unspecified atom stereocenters. The molecule has 0 heterocycles. The van der Waals surface area contributed by atoms with Gasteiger partial charge in [0.25, 0.3) is 0 Å². The maximum absolute atomic E-state index is 10.8. The Labute approximate surface area is 126 Å². The van der Waals surface area contributed by atoms with Gasteiger partial charge >= 0.3 is 5.97 Å². The number of carboxylic acid groups (broad SMARTS) is 1. The van der Waals surface area contributed by atoms with Crippen molar-refractivity contribution in [3.63, 3.8) is 0 Å². The van der Waals surface area contributed by atoms with Crippen molar-refractivity contribution in [1.29, 1.82) is 0 Å². The number of halogens is 1. The number of nitrogen functional groups attached to an aromatic ring is 1. The van der Waals surface area contributed by atoms with Gasteiger partial charge < -0.3 is 21.7 Å². The van der Waals surface area contributed by atoms with Crippen LogP contribution in [0.1, 0.15) is 5.56 Å². The second-order valence-corrected chi connectivity index (χ2v) is 5.15. The molecule has 6 N–H and O–H groups in total. The van der Waals surface area contributed by atoms with Crippen molar-refractivity contribution >= 4 is 23.3 Å². The fourth-order valence-corrected chi connectivity index (χ4v) is 2.29. The monoisotopic (exact) mass is 306 g/mol. The van der Waals surface area contributed by atoms with Crippen molar-refractivity contribution < 1.29 is 15.0 Å². The molecule has 0 bridgehead atoms. The topological polar surface area (TPSA) is 110 Å². The molecular formula is C15H15ClN2O3. The normalized spacial score (nSPS) is 12.1. The first-order valence-electron chi connectivity index (χ1n) is 6.24. The minimum Gasteiger partial charge on any atom is -0.508 e. The van der Waals surface area contributed by atoms with Crippen LogP contribution in [0.5, 0.6) is 5.75 Å². The fraction of sp³-hybridized carbons (Fsp3) is 0.133. The van der Waals surface area contributed by atoms with Crippen molar-refractivity contribution in [2.24, 2.45) is 5.73 Å². The Bertz CT molecular complexity index is 689. The SMILES string of the molecule is Nc1c(Cl)cc(CC(N)C(=O)O)cc1-c1cccc(O)c1. The fourth-order valence-electron chi connectivity index (χ4n) is 2.05. The molecule has 21 heavy (non-hydrogen) atoms. The molecule has 0 aliphatic rings. The number of nitrogens with two attached hydrogens (primary N) is 2. The number of rotatable bonds is 4. The first kappa shape index (κ1) is 15.2. The van der Waals surface area contributed by atoms with Crippen LogP contribution < -0.4 is 11.5 Å². The maximum Gasteiger partial charge on any atom is 0.320 e. The average molecular weight is 307 g/mol. The van der Waals surface area contributed by atoms with E-state index >= 15 is 0 Å². The van der Waals surface area contributed by atoms with Gasteiger partial charge in [0.2, 0.25) is 0 Å². The highest BCUT2D eigenvalue weighted by molar-refractivity contribution is 6.33. The molecular weight excluding hydrogens is 292 g/mol. The summed E-state index contributed by atoms with van der Waals surface area (Å²) in [6.07, 6.45) is 0.140. The molecule has 0 radical (unpaired) electrons. The second kappa shape index (κ2) is 6.03. The highest BCUT2D eigenvalue weighted by atomic mass is 35.5. The van der Waals surface area contributed by atoms with Crippen molar-refractivity contribution in [1.82, 2.24) is 0 Å². The lowest BCUT2D eigenvalue weighted by molar-refractivity contribution is -0.138. The second-order valence-electron chi connectivity index (χ2n) is 4.74. The smallest absolute Gasteiger partial charge is 0.320 e. The summed E-state index contributed by atoms with van der Waals surface area (Å²) in [7, 11) is 0. The number of benzene rings is 2. The van der Waals surface area contributed by atoms with Crippen LogP contribution in [-0.4, -0.2) is 22.2 Å². The molecule has 1 atom stereocenters. The standard InChI is InChI=1S/C15H15ClN2O3/c16-12-5-8(6-13(17)15(20)21)4-11(14(12)18)9-2-1-3-10(19)7-9/h1-5,7,13,19H,6,17-18H2,(H,20,21). The highest BCUT2D eigenvalue weighted by Crippen LogP contribution is 2.34. The van der Waals surface area contributed by atoms with Crippen molar-refractivity contribution in [3.05, 3.63) is 47.0 Å². The van der Waals surface area contributed by atoms with E-state index in [4.69, 9.17) is 28.2 Å². The number of hydrogen-bond acceptors (Lipinski definition) is 4. The Balaban J connectivity index is 2.46. The van der Waals surface area contributed by atoms with Crippen LogP contribution >= 0.6 is 11.6 Å². The predicted molar refractivity (Wildman–Crippen MR) is 82.3 cm³/mol. The van der Waals surface area contributed by atoms with Crippen LogP contribution in [0.3, 0.4) is 0 Å². The Morgan fingerprint density at radius 1 is 1.29 bits per heavy atom. The number of carbonyl (C=O) groups is 1. The zero-order valence-electron chi connectivity index (χ0n) is 11.1. The molecule has 0 saturated carbocycles. The summed E-state index contributed by atoms with van der Waals surface area (Å²) in [4.78, 5) is 10.8. The van der Waals surface area contributed by atoms with E-state index in [2.05, 4.69) is 0 Å². The molecule has 5 nitrogen and oxygen atoms in total. The molecule has 2 rings (SSSR count). The van der Waals surface area contributed by atoms with Gasteiger partial charge in [-0.25, -0.2) is 0 Å². The molecule has 0 fully saturated rings. The van der Waals surface area contributed by atoms with Crippen LogP contribution in [-0.2, 0) is 11.2 Å². The van der Waals surface area contributed by atoms with Crippen molar-refractivity contribution in [3.8, 4) is 16.9 Å². The Morgan fingerprint density at radius 2 is 2.00 bits per heavy atom. The molecule has 110 valence electrons. The van der Waals surface area contributed by atoms with Gasteiger partial charge in [-0.2, -0.15) is 0 Å². The van der Waals surface area contributed by atoms with E-state index in [1.165, 1.54) is 0 Å². The van der Waals surface area contributed by atoms with Crippen LogP contribution in [0, 0.1) is 0 Å². The van der Waals surface area contributed by atoms with Gasteiger partial charge in [-0.15, -0.1) is 0 Å². The molecule has 0 saturated heterocycles. The molecule has 0 amide bonds. The van der Waals surface area contributed by atoms with Crippen LogP contribution in [0.15, 0.2) is 36.4 Å².